The number of halogens is 2. The molecule has 0 amide bonds. The largest absolute Gasteiger partial charge is 0.314 e. The number of rotatable bonds is 6. The first-order valence-electron chi connectivity index (χ1n) is 6.30. The van der Waals surface area contributed by atoms with Gasteiger partial charge in [-0.1, -0.05) is 60.7 Å². The molecular formula is C16H15F2NO. The van der Waals surface area contributed by atoms with E-state index in [0.717, 1.165) is 11.1 Å². The van der Waals surface area contributed by atoms with Crippen LogP contribution in [0.3, 0.4) is 0 Å². The second kappa shape index (κ2) is 6.39. The van der Waals surface area contributed by atoms with E-state index >= 15 is 0 Å². The highest BCUT2D eigenvalue weighted by Gasteiger charge is 2.29. The third-order valence-electron chi connectivity index (χ3n) is 2.98. The predicted molar refractivity (Wildman–Crippen MR) is 73.7 cm³/mol. The number of nitrogens with one attached hydrogen (secondary N) is 1. The van der Waals surface area contributed by atoms with Crippen LogP contribution in [-0.4, -0.2) is 18.8 Å². The maximum Gasteiger partial charge on any atom is 0.314 e. The van der Waals surface area contributed by atoms with E-state index in [9.17, 15) is 13.6 Å². The predicted octanol–water partition coefficient (Wildman–Crippen LogP) is 3.20. The molecule has 0 saturated carbocycles. The summed E-state index contributed by atoms with van der Waals surface area (Å²) in [5.41, 5.74) is 1.75. The summed E-state index contributed by atoms with van der Waals surface area (Å²) in [5, 5.41) is 2.76. The highest BCUT2D eigenvalue weighted by atomic mass is 19.3. The number of benzene rings is 2. The zero-order valence-electron chi connectivity index (χ0n) is 10.8. The van der Waals surface area contributed by atoms with Gasteiger partial charge in [0.05, 0.1) is 12.6 Å². The fourth-order valence-corrected chi connectivity index (χ4v) is 2.00. The highest BCUT2D eigenvalue weighted by Crippen LogP contribution is 2.22. The van der Waals surface area contributed by atoms with Crippen molar-refractivity contribution in [1.82, 2.24) is 5.32 Å². The van der Waals surface area contributed by atoms with E-state index in [1.807, 2.05) is 60.7 Å². The van der Waals surface area contributed by atoms with Crippen molar-refractivity contribution < 1.29 is 13.6 Å². The standard InChI is InChI=1S/C16H15F2NO/c17-16(18,12-20)11-19-15(13-7-3-1-4-8-13)14-9-5-2-6-10-14/h1-10,12,15,19H,11H2. The summed E-state index contributed by atoms with van der Waals surface area (Å²) in [4.78, 5) is 10.3. The van der Waals surface area contributed by atoms with Gasteiger partial charge < -0.3 is 5.32 Å². The van der Waals surface area contributed by atoms with Crippen LogP contribution >= 0.6 is 0 Å². The minimum Gasteiger partial charge on any atom is -0.300 e. The topological polar surface area (TPSA) is 29.1 Å². The van der Waals surface area contributed by atoms with E-state index in [1.165, 1.54) is 0 Å². The van der Waals surface area contributed by atoms with Gasteiger partial charge in [0, 0.05) is 0 Å². The van der Waals surface area contributed by atoms with E-state index in [0.29, 0.717) is 0 Å². The van der Waals surface area contributed by atoms with Crippen LogP contribution < -0.4 is 5.32 Å². The van der Waals surface area contributed by atoms with Crippen molar-refractivity contribution in [3.8, 4) is 0 Å². The number of aldehydes is 1. The van der Waals surface area contributed by atoms with Crippen LogP contribution in [0.15, 0.2) is 60.7 Å². The Balaban J connectivity index is 2.24. The van der Waals surface area contributed by atoms with Crippen molar-refractivity contribution in [3.05, 3.63) is 71.8 Å². The number of carbonyl (C=O) groups excluding carboxylic acids is 1. The number of alkyl halides is 2. The summed E-state index contributed by atoms with van der Waals surface area (Å²) in [6.07, 6.45) is -0.326. The van der Waals surface area contributed by atoms with Crippen LogP contribution in [0.2, 0.25) is 0 Å². The average Bonchev–Trinajstić information content (AvgIpc) is 2.49. The van der Waals surface area contributed by atoms with Gasteiger partial charge in [-0.05, 0) is 11.1 Å². The molecule has 2 aromatic carbocycles. The summed E-state index contributed by atoms with van der Waals surface area (Å²) in [5.74, 6) is -3.36. The third kappa shape index (κ3) is 3.71. The molecule has 0 fully saturated rings. The van der Waals surface area contributed by atoms with Gasteiger partial charge in [0.2, 0.25) is 0 Å². The molecule has 2 nitrogen and oxygen atoms in total. The molecular weight excluding hydrogens is 260 g/mol. The fourth-order valence-electron chi connectivity index (χ4n) is 2.00. The molecule has 0 saturated heterocycles. The minimum atomic E-state index is -3.36. The molecule has 0 aliphatic heterocycles. The zero-order valence-corrected chi connectivity index (χ0v) is 10.8. The maximum absolute atomic E-state index is 13.1. The van der Waals surface area contributed by atoms with Gasteiger partial charge in [-0.25, -0.2) is 0 Å². The van der Waals surface area contributed by atoms with Gasteiger partial charge >= 0.3 is 5.92 Å². The fraction of sp³-hybridized carbons (Fsp3) is 0.188. The molecule has 4 heteroatoms. The zero-order chi connectivity index (χ0) is 14.4. The summed E-state index contributed by atoms with van der Waals surface area (Å²) < 4.78 is 26.2. The van der Waals surface area contributed by atoms with E-state index in [2.05, 4.69) is 5.32 Å². The first kappa shape index (κ1) is 14.3. The van der Waals surface area contributed by atoms with E-state index in [-0.39, 0.29) is 12.3 Å². The van der Waals surface area contributed by atoms with E-state index in [1.54, 1.807) is 0 Å². The van der Waals surface area contributed by atoms with Crippen LogP contribution in [0.25, 0.3) is 0 Å². The molecule has 0 heterocycles. The summed E-state index contributed by atoms with van der Waals surface area (Å²) in [7, 11) is 0. The molecule has 0 spiro atoms. The molecule has 0 radical (unpaired) electrons. The lowest BCUT2D eigenvalue weighted by molar-refractivity contribution is -0.128. The third-order valence-corrected chi connectivity index (χ3v) is 2.98. The average molecular weight is 275 g/mol. The van der Waals surface area contributed by atoms with Crippen LogP contribution in [0.5, 0.6) is 0 Å². The van der Waals surface area contributed by atoms with Crippen molar-refractivity contribution in [2.24, 2.45) is 0 Å². The van der Waals surface area contributed by atoms with Crippen molar-refractivity contribution >= 4 is 6.29 Å². The minimum absolute atomic E-state index is 0.326. The second-order valence-corrected chi connectivity index (χ2v) is 4.51. The number of carbonyl (C=O) groups is 1. The quantitative estimate of drug-likeness (QED) is 0.820. The Labute approximate surface area is 116 Å². The lowest BCUT2D eigenvalue weighted by atomic mass is 9.98. The van der Waals surface area contributed by atoms with E-state index in [4.69, 9.17) is 0 Å². The van der Waals surface area contributed by atoms with Gasteiger partial charge in [0.15, 0.2) is 6.29 Å². The number of hydrogen-bond donors (Lipinski definition) is 1. The normalized spacial score (nSPS) is 11.6. The highest BCUT2D eigenvalue weighted by molar-refractivity contribution is 5.60. The second-order valence-electron chi connectivity index (χ2n) is 4.51. The van der Waals surface area contributed by atoms with Crippen LogP contribution in [0.1, 0.15) is 17.2 Å². The summed E-state index contributed by atoms with van der Waals surface area (Å²) >= 11 is 0. The Hall–Kier alpha value is -2.07. The molecule has 104 valence electrons. The molecule has 0 aliphatic carbocycles. The molecule has 0 aromatic heterocycles. The number of hydrogen-bond acceptors (Lipinski definition) is 2. The lowest BCUT2D eigenvalue weighted by Crippen LogP contribution is -2.36. The van der Waals surface area contributed by atoms with Crippen molar-refractivity contribution in [1.29, 1.82) is 0 Å². The first-order valence-corrected chi connectivity index (χ1v) is 6.30. The van der Waals surface area contributed by atoms with Gasteiger partial charge in [-0.15, -0.1) is 0 Å². The summed E-state index contributed by atoms with van der Waals surface area (Å²) in [6.45, 7) is -0.690. The van der Waals surface area contributed by atoms with Gasteiger partial charge in [0.1, 0.15) is 0 Å². The molecule has 0 aliphatic rings. The van der Waals surface area contributed by atoms with Crippen LogP contribution in [-0.2, 0) is 4.79 Å². The molecule has 0 unspecified atom stereocenters. The van der Waals surface area contributed by atoms with Gasteiger partial charge in [0.25, 0.3) is 0 Å². The summed E-state index contributed by atoms with van der Waals surface area (Å²) in [6, 6.07) is 18.2. The van der Waals surface area contributed by atoms with Crippen molar-refractivity contribution in [2.45, 2.75) is 12.0 Å². The molecule has 2 rings (SSSR count). The monoisotopic (exact) mass is 275 g/mol. The van der Waals surface area contributed by atoms with Gasteiger partial charge in [-0.2, -0.15) is 8.78 Å². The molecule has 20 heavy (non-hydrogen) atoms. The van der Waals surface area contributed by atoms with Crippen LogP contribution in [0, 0.1) is 0 Å². The molecule has 1 N–H and O–H groups in total. The Morgan fingerprint density at radius 2 is 1.40 bits per heavy atom. The molecule has 0 atom stereocenters. The lowest BCUT2D eigenvalue weighted by Gasteiger charge is -2.21. The maximum atomic E-state index is 13.1. The molecule has 2 aromatic rings. The Bertz CT molecular complexity index is 503. The van der Waals surface area contributed by atoms with Gasteiger partial charge in [-0.3, -0.25) is 4.79 Å². The smallest absolute Gasteiger partial charge is 0.300 e. The Kier molecular flexibility index (Phi) is 4.58. The van der Waals surface area contributed by atoms with Crippen LogP contribution in [0.4, 0.5) is 8.78 Å². The van der Waals surface area contributed by atoms with Crippen molar-refractivity contribution in [2.75, 3.05) is 6.54 Å². The Morgan fingerprint density at radius 3 is 1.80 bits per heavy atom. The van der Waals surface area contributed by atoms with E-state index < -0.39 is 12.5 Å². The Morgan fingerprint density at radius 1 is 0.950 bits per heavy atom. The SMILES string of the molecule is O=CC(F)(F)CNC(c1ccccc1)c1ccccc1. The van der Waals surface area contributed by atoms with Crippen molar-refractivity contribution in [3.63, 3.8) is 0 Å². The molecule has 0 bridgehead atoms. The first-order chi connectivity index (χ1) is 9.62.